The van der Waals surface area contributed by atoms with E-state index in [0.29, 0.717) is 23.5 Å². The largest absolute Gasteiger partial charge is 0.493 e. The molecule has 0 radical (unpaired) electrons. The lowest BCUT2D eigenvalue weighted by molar-refractivity contribution is 0.303. The molecular formula is C24H24FN5O2. The van der Waals surface area contributed by atoms with Crippen molar-refractivity contribution in [1.29, 1.82) is 5.26 Å². The number of aromatic nitrogens is 2. The van der Waals surface area contributed by atoms with Gasteiger partial charge in [-0.2, -0.15) is 10.4 Å². The number of aromatic amines is 1. The second-order valence-electron chi connectivity index (χ2n) is 7.12. The van der Waals surface area contributed by atoms with Gasteiger partial charge in [0.1, 0.15) is 23.2 Å². The summed E-state index contributed by atoms with van der Waals surface area (Å²) in [5, 5.41) is 13.4. The van der Waals surface area contributed by atoms with E-state index >= 15 is 0 Å². The molecule has 0 aliphatic rings. The standard InChI is InChI=1S/C24H24FN5O2/c1-2-3-4-8-11-32-20-13-17(12-19(25)14-20)16-27-30-24-28-22(18-9-6-5-7-10-18)21(15-26)23(31)29-24/h5-7,9-10,12-14,16H,2-4,8,11H2,1H3,(H2,28,29,30,31). The van der Waals surface area contributed by atoms with Gasteiger partial charge >= 0.3 is 0 Å². The Bertz CT molecular complexity index is 1170. The summed E-state index contributed by atoms with van der Waals surface area (Å²) in [6.45, 7) is 2.66. The number of benzene rings is 2. The molecule has 0 amide bonds. The van der Waals surface area contributed by atoms with Crippen molar-refractivity contribution in [3.8, 4) is 23.1 Å². The molecule has 2 aromatic carbocycles. The highest BCUT2D eigenvalue weighted by Gasteiger charge is 2.12. The second-order valence-corrected chi connectivity index (χ2v) is 7.12. The van der Waals surface area contributed by atoms with Crippen LogP contribution in [0.1, 0.15) is 43.7 Å². The Kier molecular flexibility index (Phi) is 8.09. The van der Waals surface area contributed by atoms with Crippen molar-refractivity contribution >= 4 is 12.2 Å². The number of nitriles is 1. The molecule has 3 rings (SSSR count). The molecule has 0 spiro atoms. The number of unbranched alkanes of at least 4 members (excludes halogenated alkanes) is 3. The molecular weight excluding hydrogens is 409 g/mol. The molecule has 0 aliphatic carbocycles. The van der Waals surface area contributed by atoms with Crippen LogP contribution in [0.25, 0.3) is 11.3 Å². The first-order valence-corrected chi connectivity index (χ1v) is 10.4. The molecule has 0 bridgehead atoms. The summed E-state index contributed by atoms with van der Waals surface area (Å²) in [7, 11) is 0. The fraction of sp³-hybridized carbons (Fsp3) is 0.250. The molecule has 164 valence electrons. The van der Waals surface area contributed by atoms with Crippen molar-refractivity contribution in [2.24, 2.45) is 5.10 Å². The number of ether oxygens (including phenoxy) is 1. The lowest BCUT2D eigenvalue weighted by Gasteiger charge is -2.07. The van der Waals surface area contributed by atoms with Crippen molar-refractivity contribution in [2.45, 2.75) is 32.6 Å². The molecule has 0 saturated carbocycles. The van der Waals surface area contributed by atoms with Crippen LogP contribution < -0.4 is 15.7 Å². The molecule has 2 N–H and O–H groups in total. The SMILES string of the molecule is CCCCCCOc1cc(F)cc(C=NNc2nc(-c3ccccc3)c(C#N)c(=O)[nH]2)c1. The molecule has 3 aromatic rings. The van der Waals surface area contributed by atoms with Gasteiger partial charge in [-0.1, -0.05) is 56.5 Å². The molecule has 0 saturated heterocycles. The first-order chi connectivity index (χ1) is 15.6. The van der Waals surface area contributed by atoms with Crippen molar-refractivity contribution < 1.29 is 9.13 Å². The lowest BCUT2D eigenvalue weighted by atomic mass is 10.1. The summed E-state index contributed by atoms with van der Waals surface area (Å²) in [4.78, 5) is 19.1. The van der Waals surface area contributed by atoms with Crippen LogP contribution >= 0.6 is 0 Å². The summed E-state index contributed by atoms with van der Waals surface area (Å²) in [5.74, 6) is 0.0564. The number of nitrogens with one attached hydrogen (secondary N) is 2. The molecule has 0 unspecified atom stereocenters. The van der Waals surface area contributed by atoms with Crippen LogP contribution in [-0.2, 0) is 0 Å². The zero-order chi connectivity index (χ0) is 22.8. The molecule has 0 fully saturated rings. The van der Waals surface area contributed by atoms with Gasteiger partial charge in [-0.15, -0.1) is 0 Å². The van der Waals surface area contributed by atoms with Gasteiger partial charge in [0, 0.05) is 17.2 Å². The number of H-pyrrole nitrogens is 1. The third-order valence-corrected chi connectivity index (χ3v) is 4.62. The van der Waals surface area contributed by atoms with Gasteiger partial charge in [0.2, 0.25) is 5.95 Å². The van der Waals surface area contributed by atoms with Gasteiger partial charge in [-0.05, 0) is 18.6 Å². The molecule has 0 aliphatic heterocycles. The highest BCUT2D eigenvalue weighted by molar-refractivity contribution is 5.80. The number of hydrogen-bond acceptors (Lipinski definition) is 6. The highest BCUT2D eigenvalue weighted by atomic mass is 19.1. The van der Waals surface area contributed by atoms with E-state index in [4.69, 9.17) is 4.74 Å². The maximum absolute atomic E-state index is 13.9. The Morgan fingerprint density at radius 1 is 1.22 bits per heavy atom. The number of hydrogen-bond donors (Lipinski definition) is 2. The van der Waals surface area contributed by atoms with E-state index in [1.807, 2.05) is 12.1 Å². The van der Waals surface area contributed by atoms with Gasteiger partial charge < -0.3 is 4.74 Å². The van der Waals surface area contributed by atoms with E-state index in [2.05, 4.69) is 27.4 Å². The number of rotatable bonds is 10. The molecule has 8 heteroatoms. The lowest BCUT2D eigenvalue weighted by Crippen LogP contribution is -2.16. The van der Waals surface area contributed by atoms with Gasteiger partial charge in [0.05, 0.1) is 18.5 Å². The van der Waals surface area contributed by atoms with E-state index < -0.39 is 11.4 Å². The Balaban J connectivity index is 1.73. The fourth-order valence-corrected chi connectivity index (χ4v) is 3.06. The minimum absolute atomic E-state index is 0.0629. The normalized spacial score (nSPS) is 10.8. The number of anilines is 1. The summed E-state index contributed by atoms with van der Waals surface area (Å²) in [6.07, 6.45) is 5.67. The smallest absolute Gasteiger partial charge is 0.270 e. The van der Waals surface area contributed by atoms with Gasteiger partial charge in [-0.25, -0.2) is 14.8 Å². The van der Waals surface area contributed by atoms with E-state index in [0.717, 1.165) is 25.7 Å². The summed E-state index contributed by atoms with van der Waals surface area (Å²) in [6, 6.07) is 15.1. The van der Waals surface area contributed by atoms with Gasteiger partial charge in [0.15, 0.2) is 0 Å². The van der Waals surface area contributed by atoms with Crippen LogP contribution in [0.2, 0.25) is 0 Å². The summed E-state index contributed by atoms with van der Waals surface area (Å²) in [5.41, 5.74) is 3.33. The minimum atomic E-state index is -0.580. The third-order valence-electron chi connectivity index (χ3n) is 4.62. The van der Waals surface area contributed by atoms with E-state index in [1.54, 1.807) is 30.3 Å². The van der Waals surface area contributed by atoms with Gasteiger partial charge in [-0.3, -0.25) is 9.78 Å². The highest BCUT2D eigenvalue weighted by Crippen LogP contribution is 2.20. The predicted molar refractivity (Wildman–Crippen MR) is 122 cm³/mol. The van der Waals surface area contributed by atoms with E-state index in [9.17, 15) is 14.4 Å². The number of halogens is 1. The first kappa shape index (κ1) is 22.7. The number of hydrazone groups is 1. The minimum Gasteiger partial charge on any atom is -0.493 e. The zero-order valence-electron chi connectivity index (χ0n) is 17.8. The molecule has 7 nitrogen and oxygen atoms in total. The Morgan fingerprint density at radius 3 is 2.78 bits per heavy atom. The molecule has 1 heterocycles. The average molecular weight is 433 g/mol. The topological polar surface area (TPSA) is 103 Å². The summed E-state index contributed by atoms with van der Waals surface area (Å²) < 4.78 is 19.6. The van der Waals surface area contributed by atoms with Crippen molar-refractivity contribution in [2.75, 3.05) is 12.0 Å². The Morgan fingerprint density at radius 2 is 2.03 bits per heavy atom. The molecule has 32 heavy (non-hydrogen) atoms. The Hall–Kier alpha value is -3.99. The molecule has 0 atom stereocenters. The second kappa shape index (κ2) is 11.4. The van der Waals surface area contributed by atoms with Crippen molar-refractivity contribution in [3.63, 3.8) is 0 Å². The average Bonchev–Trinajstić information content (AvgIpc) is 2.79. The van der Waals surface area contributed by atoms with Crippen molar-refractivity contribution in [1.82, 2.24) is 9.97 Å². The van der Waals surface area contributed by atoms with Crippen molar-refractivity contribution in [3.05, 3.63) is 75.8 Å². The van der Waals surface area contributed by atoms with Gasteiger partial charge in [0.25, 0.3) is 5.56 Å². The van der Waals surface area contributed by atoms with Crippen LogP contribution in [0.4, 0.5) is 10.3 Å². The van der Waals surface area contributed by atoms with Crippen LogP contribution in [0.3, 0.4) is 0 Å². The molecule has 1 aromatic heterocycles. The zero-order valence-corrected chi connectivity index (χ0v) is 17.8. The first-order valence-electron chi connectivity index (χ1n) is 10.4. The van der Waals surface area contributed by atoms with Crippen LogP contribution in [-0.4, -0.2) is 22.8 Å². The van der Waals surface area contributed by atoms with Crippen LogP contribution in [0.15, 0.2) is 58.4 Å². The van der Waals surface area contributed by atoms with E-state index in [1.165, 1.54) is 18.3 Å². The van der Waals surface area contributed by atoms with E-state index in [-0.39, 0.29) is 17.2 Å². The number of nitrogens with zero attached hydrogens (tertiary/aromatic N) is 3. The summed E-state index contributed by atoms with van der Waals surface area (Å²) >= 11 is 0. The van der Waals surface area contributed by atoms with Crippen LogP contribution in [0.5, 0.6) is 5.75 Å². The monoisotopic (exact) mass is 433 g/mol. The predicted octanol–water partition coefficient (Wildman–Crippen LogP) is 4.85. The third kappa shape index (κ3) is 6.25. The quantitative estimate of drug-likeness (QED) is 0.270. The maximum atomic E-state index is 13.9. The van der Waals surface area contributed by atoms with Crippen LogP contribution in [0, 0.1) is 17.1 Å². The maximum Gasteiger partial charge on any atom is 0.270 e. The Labute approximate surface area is 185 Å². The fourth-order valence-electron chi connectivity index (χ4n) is 3.06.